The molecule has 1 amide bonds. The minimum absolute atomic E-state index is 0.0184. The third kappa shape index (κ3) is 8.11. The Balaban J connectivity index is 1.26. The summed E-state index contributed by atoms with van der Waals surface area (Å²) in [5, 5.41) is 0.424. The zero-order valence-electron chi connectivity index (χ0n) is 33.9. The number of carbonyl (C=O) groups is 1. The lowest BCUT2D eigenvalue weighted by molar-refractivity contribution is -0.0992. The van der Waals surface area contributed by atoms with E-state index in [0.29, 0.717) is 37.0 Å². The van der Waals surface area contributed by atoms with Gasteiger partial charge in [-0.25, -0.2) is 4.21 Å². The smallest absolute Gasteiger partial charge is 0.262 e. The van der Waals surface area contributed by atoms with Crippen molar-refractivity contribution in [1.29, 1.82) is 0 Å². The first-order valence-electron chi connectivity index (χ1n) is 20.4. The van der Waals surface area contributed by atoms with Crippen LogP contribution in [-0.4, -0.2) is 115 Å². The molecule has 2 bridgehead atoms. The molecule has 2 aliphatic carbocycles. The van der Waals surface area contributed by atoms with E-state index >= 15 is 0 Å². The van der Waals surface area contributed by atoms with Gasteiger partial charge in [0.15, 0.2) is 0 Å². The molecule has 0 aromatic heterocycles. The van der Waals surface area contributed by atoms with Crippen molar-refractivity contribution in [2.75, 3.05) is 78.1 Å². The summed E-state index contributed by atoms with van der Waals surface area (Å²) in [6.07, 6.45) is 10.5. The maximum Gasteiger partial charge on any atom is 0.262 e. The standard InChI is InChI=1S/C44H63ClN4O5S/c1-31-10-8-19-44(53-6,28-47-20-22-49(23-21-47)42(3,4)29-52-5)38-15-12-35(38)26-48-27-43(18-9-11-33-24-36(45)14-16-37(33)43)30-54-40-17-13-34(25-39(40)48)41(50)46-55(7,51)32(31)2/h8,13-14,16-17,19,24-25,31-32,35,38H,7,9-12,15,18,20-23,26-30H2,1-6H3,(H,46,50,51)/b19-8+/t31-,32+,35-,38+,43-,44+,55?/m0/s1. The molecule has 2 aromatic rings. The number of nitrogens with zero attached hydrogens (tertiary/aromatic N) is 3. The molecule has 2 fully saturated rings. The minimum atomic E-state index is -2.97. The summed E-state index contributed by atoms with van der Waals surface area (Å²) in [4.78, 5) is 21.5. The van der Waals surface area contributed by atoms with E-state index in [1.54, 1.807) is 13.2 Å². The van der Waals surface area contributed by atoms with E-state index in [-0.39, 0.29) is 28.0 Å². The molecule has 5 aliphatic rings. The number of hydrogen-bond acceptors (Lipinski definition) is 8. The lowest BCUT2D eigenvalue weighted by Gasteiger charge is -2.53. The predicted octanol–water partition coefficient (Wildman–Crippen LogP) is 6.61. The van der Waals surface area contributed by atoms with Gasteiger partial charge in [0.05, 0.1) is 28.6 Å². The van der Waals surface area contributed by atoms with Crippen LogP contribution in [0.2, 0.25) is 5.02 Å². The largest absolute Gasteiger partial charge is 0.490 e. The third-order valence-electron chi connectivity index (χ3n) is 14.0. The number of fused-ring (bicyclic) bond motifs is 4. The molecule has 7 atom stereocenters. The first-order chi connectivity index (χ1) is 26.2. The molecule has 2 aromatic carbocycles. The van der Waals surface area contributed by atoms with Crippen LogP contribution in [-0.2, 0) is 31.0 Å². The van der Waals surface area contributed by atoms with Crippen molar-refractivity contribution < 1.29 is 23.2 Å². The lowest BCUT2D eigenvalue weighted by Crippen LogP contribution is -2.61. The van der Waals surface area contributed by atoms with Crippen LogP contribution in [0.4, 0.5) is 5.69 Å². The van der Waals surface area contributed by atoms with Gasteiger partial charge in [0.25, 0.3) is 5.91 Å². The van der Waals surface area contributed by atoms with Gasteiger partial charge in [-0.15, -0.1) is 0 Å². The van der Waals surface area contributed by atoms with Crippen molar-refractivity contribution in [2.24, 2.45) is 17.8 Å². The number of benzene rings is 2. The quantitative estimate of drug-likeness (QED) is 0.259. The number of anilines is 1. The second-order valence-corrected chi connectivity index (χ2v) is 20.7. The summed E-state index contributed by atoms with van der Waals surface area (Å²) >= 11 is 6.53. The van der Waals surface area contributed by atoms with Crippen LogP contribution in [0.1, 0.15) is 81.3 Å². The van der Waals surface area contributed by atoms with Crippen molar-refractivity contribution in [2.45, 2.75) is 88.0 Å². The zero-order chi connectivity index (χ0) is 39.2. The average Bonchev–Trinajstić information content (AvgIpc) is 3.29. The van der Waals surface area contributed by atoms with Gasteiger partial charge in [-0.2, -0.15) is 0 Å². The Labute approximate surface area is 335 Å². The Morgan fingerprint density at radius 2 is 1.87 bits per heavy atom. The second kappa shape index (κ2) is 16.0. The van der Waals surface area contributed by atoms with Crippen LogP contribution < -0.4 is 14.4 Å². The van der Waals surface area contributed by atoms with Crippen molar-refractivity contribution in [3.05, 3.63) is 70.3 Å². The number of carbonyl (C=O) groups excluding carboxylic acids is 1. The third-order valence-corrected chi connectivity index (χ3v) is 16.4. The molecule has 302 valence electrons. The number of piperazine rings is 1. The first-order valence-corrected chi connectivity index (χ1v) is 22.5. The van der Waals surface area contributed by atoms with Crippen molar-refractivity contribution in [3.8, 4) is 5.75 Å². The Morgan fingerprint density at radius 1 is 1.09 bits per heavy atom. The number of hydrogen-bond donors (Lipinski definition) is 1. The maximum absolute atomic E-state index is 14.1. The summed E-state index contributed by atoms with van der Waals surface area (Å²) < 4.78 is 36.1. The van der Waals surface area contributed by atoms with Crippen LogP contribution in [0.15, 0.2) is 48.6 Å². The minimum Gasteiger partial charge on any atom is -0.490 e. The molecular formula is C44H63ClN4O5S. The average molecular weight is 796 g/mol. The van der Waals surface area contributed by atoms with Crippen LogP contribution >= 0.6 is 11.6 Å². The molecule has 9 nitrogen and oxygen atoms in total. The molecule has 1 saturated heterocycles. The fourth-order valence-corrected chi connectivity index (χ4v) is 11.9. The van der Waals surface area contributed by atoms with Gasteiger partial charge in [0.2, 0.25) is 0 Å². The summed E-state index contributed by atoms with van der Waals surface area (Å²) in [6.45, 7) is 16.1. The lowest BCUT2D eigenvalue weighted by atomic mass is 9.63. The van der Waals surface area contributed by atoms with Gasteiger partial charge in [-0.05, 0) is 124 Å². The molecular weight excluding hydrogens is 732 g/mol. The highest BCUT2D eigenvalue weighted by atomic mass is 35.5. The number of methoxy groups -OCH3 is 2. The molecule has 0 radical (unpaired) electrons. The maximum atomic E-state index is 14.1. The summed E-state index contributed by atoms with van der Waals surface area (Å²) in [6, 6.07) is 12.0. The van der Waals surface area contributed by atoms with E-state index < -0.39 is 15.3 Å². The van der Waals surface area contributed by atoms with Gasteiger partial charge < -0.3 is 19.1 Å². The number of halogens is 1. The summed E-state index contributed by atoms with van der Waals surface area (Å²) in [5.74, 6) is 5.17. The normalized spacial score (nSPS) is 34.1. The first kappa shape index (κ1) is 40.6. The second-order valence-electron chi connectivity index (χ2n) is 17.9. The van der Waals surface area contributed by atoms with Crippen LogP contribution in [0.5, 0.6) is 5.75 Å². The molecule has 1 N–H and O–H groups in total. The highest BCUT2D eigenvalue weighted by Gasteiger charge is 2.50. The molecule has 7 rings (SSSR count). The Kier molecular flexibility index (Phi) is 11.8. The van der Waals surface area contributed by atoms with Crippen molar-refractivity contribution in [1.82, 2.24) is 14.5 Å². The summed E-state index contributed by atoms with van der Waals surface area (Å²) in [7, 11) is 0.707. The molecule has 11 heteroatoms. The number of nitrogens with one attached hydrogen (secondary N) is 1. The van der Waals surface area contributed by atoms with Gasteiger partial charge in [-0.3, -0.25) is 19.3 Å². The van der Waals surface area contributed by atoms with Crippen molar-refractivity contribution >= 4 is 38.8 Å². The Bertz CT molecular complexity index is 1860. The van der Waals surface area contributed by atoms with E-state index in [4.69, 9.17) is 25.8 Å². The number of rotatable bonds is 6. The molecule has 1 spiro atoms. The number of ether oxygens (including phenoxy) is 3. The monoisotopic (exact) mass is 794 g/mol. The van der Waals surface area contributed by atoms with Gasteiger partial charge in [0.1, 0.15) is 11.4 Å². The molecule has 3 aliphatic heterocycles. The highest BCUT2D eigenvalue weighted by molar-refractivity contribution is 7.99. The number of aryl methyl sites for hydroxylation is 1. The fraction of sp³-hybridized carbons (Fsp3) is 0.636. The van der Waals surface area contributed by atoms with E-state index in [1.165, 1.54) is 11.1 Å². The molecule has 1 saturated carbocycles. The van der Waals surface area contributed by atoms with Crippen LogP contribution in [0, 0.1) is 17.8 Å². The highest BCUT2D eigenvalue weighted by Crippen LogP contribution is 2.49. The van der Waals surface area contributed by atoms with Crippen LogP contribution in [0.3, 0.4) is 0 Å². The van der Waals surface area contributed by atoms with E-state index in [2.05, 4.69) is 70.3 Å². The number of amides is 1. The van der Waals surface area contributed by atoms with Gasteiger partial charge in [-0.1, -0.05) is 36.7 Å². The molecule has 1 unspecified atom stereocenters. The molecule has 55 heavy (non-hydrogen) atoms. The van der Waals surface area contributed by atoms with E-state index in [0.717, 1.165) is 94.4 Å². The zero-order valence-corrected chi connectivity index (χ0v) is 35.5. The topological polar surface area (TPSA) is 83.6 Å². The SMILES string of the molecule is C=S1(=O)NC(=O)c2ccc3c(c2)N(C[C@@H]2CC[C@H]2[C@@](CN2CCN(C(C)(C)COC)CC2)(OC)/C=C/C[C@H](C)[C@H]1C)C[C@@]1(CCCc2cc(Cl)ccc21)CO3. The van der Waals surface area contributed by atoms with E-state index in [9.17, 15) is 9.00 Å². The molecule has 3 heterocycles. The van der Waals surface area contributed by atoms with Crippen LogP contribution in [0.25, 0.3) is 0 Å². The summed E-state index contributed by atoms with van der Waals surface area (Å²) in [5.41, 5.74) is 3.24. The predicted molar refractivity (Wildman–Crippen MR) is 225 cm³/mol. The van der Waals surface area contributed by atoms with Gasteiger partial charge in [0, 0.05) is 86.8 Å². The Morgan fingerprint density at radius 3 is 2.58 bits per heavy atom. The fourth-order valence-electron chi connectivity index (χ4n) is 10.2. The van der Waals surface area contributed by atoms with Crippen molar-refractivity contribution in [3.63, 3.8) is 0 Å². The Hall–Kier alpha value is -2.60. The van der Waals surface area contributed by atoms with E-state index in [1.807, 2.05) is 32.2 Å². The number of allylic oxidation sites excluding steroid dienone is 1. The van der Waals surface area contributed by atoms with Gasteiger partial charge >= 0.3 is 0 Å².